The van der Waals surface area contributed by atoms with Crippen LogP contribution >= 0.6 is 0 Å². The summed E-state index contributed by atoms with van der Waals surface area (Å²) >= 11 is 0. The average molecular weight is 256 g/mol. The minimum absolute atomic E-state index is 0.184. The van der Waals surface area contributed by atoms with E-state index in [9.17, 15) is 18.0 Å². The Kier molecular flexibility index (Phi) is 2.87. The molecule has 0 saturated carbocycles. The molecule has 94 valence electrons. The van der Waals surface area contributed by atoms with Gasteiger partial charge in [0.1, 0.15) is 11.8 Å². The quantitative estimate of drug-likeness (QED) is 0.725. The molecule has 0 radical (unpaired) electrons. The molecule has 1 aromatic carbocycles. The molecule has 1 atom stereocenters. The van der Waals surface area contributed by atoms with Gasteiger partial charge in [-0.05, 0) is 12.1 Å². The number of benzene rings is 1. The first kappa shape index (κ1) is 12.2. The second kappa shape index (κ2) is 4.22. The molecule has 18 heavy (non-hydrogen) atoms. The molecule has 1 unspecified atom stereocenters. The standard InChI is InChI=1S/C11H7F3N2O2/c12-11(13,14)8-3-1-2-4-9(8)18-10(17)16-6-7(16)5-15/h1-4,7H,6H2. The molecule has 0 aliphatic carbocycles. The van der Waals surface area contributed by atoms with Crippen molar-refractivity contribution < 1.29 is 22.7 Å². The maximum atomic E-state index is 12.6. The van der Waals surface area contributed by atoms with E-state index in [2.05, 4.69) is 4.74 Å². The van der Waals surface area contributed by atoms with Gasteiger partial charge in [-0.1, -0.05) is 12.1 Å². The first-order valence-corrected chi connectivity index (χ1v) is 4.98. The molecule has 4 nitrogen and oxygen atoms in total. The maximum Gasteiger partial charge on any atom is 0.419 e. The maximum absolute atomic E-state index is 12.6. The van der Waals surface area contributed by atoms with E-state index in [1.54, 1.807) is 6.07 Å². The number of halogens is 3. The lowest BCUT2D eigenvalue weighted by molar-refractivity contribution is -0.138. The Bertz CT molecular complexity index is 522. The van der Waals surface area contributed by atoms with Crippen LogP contribution in [0.2, 0.25) is 0 Å². The predicted octanol–water partition coefficient (Wildman–Crippen LogP) is 2.41. The molecule has 0 N–H and O–H groups in total. The van der Waals surface area contributed by atoms with Crippen LogP contribution in [0.5, 0.6) is 5.75 Å². The van der Waals surface area contributed by atoms with Crippen LogP contribution in [-0.2, 0) is 6.18 Å². The van der Waals surface area contributed by atoms with Gasteiger partial charge in [-0.3, -0.25) is 4.90 Å². The van der Waals surface area contributed by atoms with Gasteiger partial charge in [-0.15, -0.1) is 0 Å². The van der Waals surface area contributed by atoms with E-state index < -0.39 is 29.6 Å². The molecule has 1 heterocycles. The van der Waals surface area contributed by atoms with Crippen LogP contribution < -0.4 is 4.74 Å². The van der Waals surface area contributed by atoms with E-state index >= 15 is 0 Å². The molecule has 7 heteroatoms. The first-order chi connectivity index (χ1) is 8.43. The normalized spacial score (nSPS) is 18.1. The van der Waals surface area contributed by atoms with Gasteiger partial charge in [-0.25, -0.2) is 4.79 Å². The lowest BCUT2D eigenvalue weighted by Crippen LogP contribution is -2.20. The lowest BCUT2D eigenvalue weighted by Gasteiger charge is -2.12. The van der Waals surface area contributed by atoms with E-state index in [4.69, 9.17) is 5.26 Å². The molecular weight excluding hydrogens is 249 g/mol. The van der Waals surface area contributed by atoms with E-state index in [0.717, 1.165) is 17.0 Å². The molecule has 2 rings (SSSR count). The minimum atomic E-state index is -4.59. The van der Waals surface area contributed by atoms with Gasteiger partial charge in [-0.2, -0.15) is 18.4 Å². The summed E-state index contributed by atoms with van der Waals surface area (Å²) in [6, 6.07) is 5.63. The fourth-order valence-electron chi connectivity index (χ4n) is 1.39. The number of para-hydroxylation sites is 1. The smallest absolute Gasteiger partial charge is 0.410 e. The van der Waals surface area contributed by atoms with Gasteiger partial charge in [0.25, 0.3) is 0 Å². The van der Waals surface area contributed by atoms with Crippen molar-refractivity contribution >= 4 is 6.09 Å². The number of ether oxygens (including phenoxy) is 1. The third kappa shape index (κ3) is 2.37. The number of hydrogen-bond donors (Lipinski definition) is 0. The summed E-state index contributed by atoms with van der Waals surface area (Å²) < 4.78 is 42.4. The Hall–Kier alpha value is -2.23. The van der Waals surface area contributed by atoms with Crippen LogP contribution in [0.3, 0.4) is 0 Å². The second-order valence-electron chi connectivity index (χ2n) is 3.66. The van der Waals surface area contributed by atoms with Crippen LogP contribution in [-0.4, -0.2) is 23.6 Å². The van der Waals surface area contributed by atoms with Crippen LogP contribution in [0.1, 0.15) is 5.56 Å². The van der Waals surface area contributed by atoms with Gasteiger partial charge >= 0.3 is 12.3 Å². The summed E-state index contributed by atoms with van der Waals surface area (Å²) in [4.78, 5) is 12.4. The Morgan fingerprint density at radius 2 is 2.11 bits per heavy atom. The summed E-state index contributed by atoms with van der Waals surface area (Å²) in [5.74, 6) is -0.557. The van der Waals surface area contributed by atoms with E-state index in [1.165, 1.54) is 12.1 Å². The molecule has 1 saturated heterocycles. The van der Waals surface area contributed by atoms with Crippen molar-refractivity contribution in [3.05, 3.63) is 29.8 Å². The summed E-state index contributed by atoms with van der Waals surface area (Å²) in [7, 11) is 0. The number of carbonyl (C=O) groups is 1. The zero-order valence-corrected chi connectivity index (χ0v) is 8.94. The van der Waals surface area contributed by atoms with E-state index in [-0.39, 0.29) is 6.54 Å². The van der Waals surface area contributed by atoms with Crippen molar-refractivity contribution in [3.8, 4) is 11.8 Å². The van der Waals surface area contributed by atoms with E-state index in [1.807, 2.05) is 0 Å². The molecule has 0 aromatic heterocycles. The van der Waals surface area contributed by atoms with Crippen LogP contribution in [0.4, 0.5) is 18.0 Å². The molecular formula is C11H7F3N2O2. The third-order valence-corrected chi connectivity index (χ3v) is 2.39. The molecule has 0 bridgehead atoms. The van der Waals surface area contributed by atoms with Crippen LogP contribution in [0.15, 0.2) is 24.3 Å². The fraction of sp³-hybridized carbons (Fsp3) is 0.273. The number of nitrogens with zero attached hydrogens (tertiary/aromatic N) is 2. The molecule has 1 fully saturated rings. The topological polar surface area (TPSA) is 53.1 Å². The Morgan fingerprint density at radius 3 is 2.67 bits per heavy atom. The van der Waals surface area contributed by atoms with Crippen LogP contribution in [0.25, 0.3) is 0 Å². The molecule has 1 aliphatic heterocycles. The Labute approximate surface area is 100 Å². The predicted molar refractivity (Wildman–Crippen MR) is 53.6 cm³/mol. The van der Waals surface area contributed by atoms with E-state index in [0.29, 0.717) is 0 Å². The number of rotatable bonds is 1. The minimum Gasteiger partial charge on any atom is -0.410 e. The van der Waals surface area contributed by atoms with Crippen molar-refractivity contribution in [1.29, 1.82) is 5.26 Å². The highest BCUT2D eigenvalue weighted by atomic mass is 19.4. The zero-order chi connectivity index (χ0) is 13.3. The SMILES string of the molecule is N#CC1CN1C(=O)Oc1ccccc1C(F)(F)F. The van der Waals surface area contributed by atoms with Crippen LogP contribution in [0, 0.1) is 11.3 Å². The summed E-state index contributed by atoms with van der Waals surface area (Å²) in [5, 5.41) is 8.50. The third-order valence-electron chi connectivity index (χ3n) is 2.39. The van der Waals surface area contributed by atoms with Crippen molar-refractivity contribution in [3.63, 3.8) is 0 Å². The van der Waals surface area contributed by atoms with Crippen molar-refractivity contribution in [1.82, 2.24) is 4.90 Å². The number of alkyl halides is 3. The highest BCUT2D eigenvalue weighted by molar-refractivity contribution is 5.75. The molecule has 1 amide bonds. The number of hydrogen-bond acceptors (Lipinski definition) is 3. The largest absolute Gasteiger partial charge is 0.419 e. The van der Waals surface area contributed by atoms with Gasteiger partial charge in [0.15, 0.2) is 0 Å². The fourth-order valence-corrected chi connectivity index (χ4v) is 1.39. The molecule has 1 aliphatic rings. The second-order valence-corrected chi connectivity index (χ2v) is 3.66. The van der Waals surface area contributed by atoms with Crippen molar-refractivity contribution in [2.45, 2.75) is 12.2 Å². The average Bonchev–Trinajstić information content (AvgIpc) is 3.07. The zero-order valence-electron chi connectivity index (χ0n) is 8.94. The summed E-state index contributed by atoms with van der Waals surface area (Å²) in [5.41, 5.74) is -1.02. The number of amides is 1. The molecule has 1 aromatic rings. The van der Waals surface area contributed by atoms with Gasteiger partial charge < -0.3 is 4.74 Å². The Morgan fingerprint density at radius 1 is 1.44 bits per heavy atom. The summed E-state index contributed by atoms with van der Waals surface area (Å²) in [6.07, 6.45) is -5.54. The summed E-state index contributed by atoms with van der Waals surface area (Å²) in [6.45, 7) is 0.184. The van der Waals surface area contributed by atoms with Gasteiger partial charge in [0.05, 0.1) is 18.2 Å². The van der Waals surface area contributed by atoms with Gasteiger partial charge in [0.2, 0.25) is 0 Å². The molecule has 0 spiro atoms. The first-order valence-electron chi connectivity index (χ1n) is 4.98. The highest BCUT2D eigenvalue weighted by Crippen LogP contribution is 2.36. The highest BCUT2D eigenvalue weighted by Gasteiger charge is 2.41. The van der Waals surface area contributed by atoms with Crippen molar-refractivity contribution in [2.75, 3.05) is 6.54 Å². The number of carbonyl (C=O) groups excluding carboxylic acids is 1. The number of nitriles is 1. The van der Waals surface area contributed by atoms with Gasteiger partial charge in [0, 0.05) is 0 Å². The Balaban J connectivity index is 2.15. The monoisotopic (exact) mass is 256 g/mol. The van der Waals surface area contributed by atoms with Crippen molar-refractivity contribution in [2.24, 2.45) is 0 Å². The lowest BCUT2D eigenvalue weighted by atomic mass is 10.2.